The Hall–Kier alpha value is -1.30. The topological polar surface area (TPSA) is 114 Å². The van der Waals surface area contributed by atoms with Gasteiger partial charge in [0.2, 0.25) is 5.91 Å². The first-order valence-electron chi connectivity index (χ1n) is 6.87. The average molecular weight is 272 g/mol. The second-order valence-electron chi connectivity index (χ2n) is 5.50. The molecule has 19 heavy (non-hydrogen) atoms. The summed E-state index contributed by atoms with van der Waals surface area (Å²) >= 11 is 0. The lowest BCUT2D eigenvalue weighted by molar-refractivity contribution is -0.118. The highest BCUT2D eigenvalue weighted by molar-refractivity contribution is 5.85. The monoisotopic (exact) mass is 272 g/mol. The van der Waals surface area contributed by atoms with E-state index in [1.54, 1.807) is 0 Å². The van der Waals surface area contributed by atoms with Crippen molar-refractivity contribution in [2.75, 3.05) is 13.1 Å². The predicted octanol–water partition coefficient (Wildman–Crippen LogP) is 1.17. The summed E-state index contributed by atoms with van der Waals surface area (Å²) in [5, 5.41) is 15.0. The molecule has 0 heterocycles. The largest absolute Gasteiger partial charge is 0.409 e. The zero-order valence-corrected chi connectivity index (χ0v) is 12.1. The van der Waals surface area contributed by atoms with Crippen molar-refractivity contribution < 1.29 is 10.0 Å². The molecule has 0 saturated heterocycles. The Balaban J connectivity index is 3.43. The normalized spacial score (nSPS) is 12.6. The Kier molecular flexibility index (Phi) is 8.95. The summed E-state index contributed by atoms with van der Waals surface area (Å²) in [4.78, 5) is 10.5. The molecule has 0 aromatic rings. The number of rotatable bonds is 11. The molecule has 0 bridgehead atoms. The fourth-order valence-electron chi connectivity index (χ4n) is 1.75. The number of hydrogen-bond donors (Lipinski definition) is 4. The quantitative estimate of drug-likeness (QED) is 0.149. The van der Waals surface area contributed by atoms with Gasteiger partial charge in [0.05, 0.1) is 0 Å². The number of amidine groups is 1. The molecule has 0 saturated carbocycles. The van der Waals surface area contributed by atoms with E-state index in [1.165, 1.54) is 0 Å². The SMILES string of the molecule is CC(C)(CCCCNCCCCC(N)=O)C(N)=NO. The molecule has 0 spiro atoms. The predicted molar refractivity (Wildman–Crippen MR) is 77.0 cm³/mol. The van der Waals surface area contributed by atoms with Crippen LogP contribution in [0.25, 0.3) is 0 Å². The molecular weight excluding hydrogens is 244 g/mol. The van der Waals surface area contributed by atoms with Gasteiger partial charge in [-0.15, -0.1) is 0 Å². The molecule has 0 radical (unpaired) electrons. The van der Waals surface area contributed by atoms with Crippen molar-refractivity contribution in [2.45, 2.75) is 52.4 Å². The molecule has 112 valence electrons. The van der Waals surface area contributed by atoms with Gasteiger partial charge in [-0.05, 0) is 38.8 Å². The maximum absolute atomic E-state index is 10.5. The van der Waals surface area contributed by atoms with E-state index in [4.69, 9.17) is 16.7 Å². The highest BCUT2D eigenvalue weighted by Gasteiger charge is 2.22. The highest BCUT2D eigenvalue weighted by Crippen LogP contribution is 2.22. The lowest BCUT2D eigenvalue weighted by Gasteiger charge is -2.22. The van der Waals surface area contributed by atoms with Gasteiger partial charge >= 0.3 is 0 Å². The van der Waals surface area contributed by atoms with E-state index < -0.39 is 0 Å². The van der Waals surface area contributed by atoms with Crippen molar-refractivity contribution in [1.29, 1.82) is 0 Å². The summed E-state index contributed by atoms with van der Waals surface area (Å²) in [5.41, 5.74) is 10.4. The van der Waals surface area contributed by atoms with Crippen molar-refractivity contribution >= 4 is 11.7 Å². The Morgan fingerprint density at radius 1 is 1.16 bits per heavy atom. The number of primary amides is 1. The van der Waals surface area contributed by atoms with Crippen LogP contribution in [0.4, 0.5) is 0 Å². The molecule has 6 N–H and O–H groups in total. The summed E-state index contributed by atoms with van der Waals surface area (Å²) in [6.45, 7) is 5.80. The first kappa shape index (κ1) is 17.7. The molecular formula is C13H28N4O2. The minimum Gasteiger partial charge on any atom is -0.409 e. The summed E-state index contributed by atoms with van der Waals surface area (Å²) in [7, 11) is 0. The van der Waals surface area contributed by atoms with Gasteiger partial charge in [0.25, 0.3) is 0 Å². The van der Waals surface area contributed by atoms with Crippen LogP contribution >= 0.6 is 0 Å². The van der Waals surface area contributed by atoms with Crippen LogP contribution in [0.2, 0.25) is 0 Å². The Morgan fingerprint density at radius 3 is 2.26 bits per heavy atom. The van der Waals surface area contributed by atoms with Crippen molar-refractivity contribution in [1.82, 2.24) is 5.32 Å². The van der Waals surface area contributed by atoms with Crippen LogP contribution in [0.15, 0.2) is 5.16 Å². The number of carbonyl (C=O) groups excluding carboxylic acids is 1. The third-order valence-corrected chi connectivity index (χ3v) is 3.23. The number of nitrogens with two attached hydrogens (primary N) is 2. The van der Waals surface area contributed by atoms with Gasteiger partial charge in [-0.3, -0.25) is 4.79 Å². The zero-order valence-electron chi connectivity index (χ0n) is 12.1. The molecule has 0 aliphatic carbocycles. The number of nitrogens with one attached hydrogen (secondary N) is 1. The van der Waals surface area contributed by atoms with Gasteiger partial charge < -0.3 is 22.0 Å². The van der Waals surface area contributed by atoms with Gasteiger partial charge in [0.1, 0.15) is 5.84 Å². The van der Waals surface area contributed by atoms with Gasteiger partial charge in [0.15, 0.2) is 0 Å². The Morgan fingerprint density at radius 2 is 1.74 bits per heavy atom. The maximum Gasteiger partial charge on any atom is 0.217 e. The van der Waals surface area contributed by atoms with Crippen LogP contribution in [0.1, 0.15) is 52.4 Å². The second-order valence-corrected chi connectivity index (χ2v) is 5.50. The summed E-state index contributed by atoms with van der Waals surface area (Å²) in [5.74, 6) is 0.0530. The summed E-state index contributed by atoms with van der Waals surface area (Å²) in [6, 6.07) is 0. The fourth-order valence-corrected chi connectivity index (χ4v) is 1.75. The minimum absolute atomic E-state index is 0.231. The minimum atomic E-state index is -0.254. The van der Waals surface area contributed by atoms with Crippen LogP contribution in [0, 0.1) is 5.41 Å². The average Bonchev–Trinajstić information content (AvgIpc) is 2.35. The van der Waals surface area contributed by atoms with E-state index in [2.05, 4.69) is 10.5 Å². The van der Waals surface area contributed by atoms with Gasteiger partial charge in [-0.1, -0.05) is 25.4 Å². The molecule has 0 atom stereocenters. The van der Waals surface area contributed by atoms with E-state index in [-0.39, 0.29) is 17.2 Å². The first-order chi connectivity index (χ1) is 8.90. The molecule has 0 aliphatic rings. The number of unbranched alkanes of at least 4 members (excludes halogenated alkanes) is 2. The van der Waals surface area contributed by atoms with Crippen LogP contribution in [0.5, 0.6) is 0 Å². The number of nitrogens with zero attached hydrogens (tertiary/aromatic N) is 1. The molecule has 0 aromatic carbocycles. The molecule has 1 amide bonds. The fraction of sp³-hybridized carbons (Fsp3) is 0.846. The summed E-state index contributed by atoms with van der Waals surface area (Å²) in [6.07, 6.45) is 5.26. The number of amides is 1. The second kappa shape index (κ2) is 9.61. The van der Waals surface area contributed by atoms with Crippen LogP contribution < -0.4 is 16.8 Å². The van der Waals surface area contributed by atoms with Crippen LogP contribution in [-0.4, -0.2) is 30.0 Å². The molecule has 6 nitrogen and oxygen atoms in total. The van der Waals surface area contributed by atoms with E-state index in [0.717, 1.165) is 45.2 Å². The molecule has 0 fully saturated rings. The van der Waals surface area contributed by atoms with Crippen molar-refractivity contribution in [3.05, 3.63) is 0 Å². The lowest BCUT2D eigenvalue weighted by atomic mass is 9.86. The van der Waals surface area contributed by atoms with Crippen LogP contribution in [-0.2, 0) is 4.79 Å². The van der Waals surface area contributed by atoms with Crippen molar-refractivity contribution in [2.24, 2.45) is 22.0 Å². The number of carbonyl (C=O) groups is 1. The number of oxime groups is 1. The van der Waals surface area contributed by atoms with Gasteiger partial charge in [-0.25, -0.2) is 0 Å². The molecule has 0 rings (SSSR count). The molecule has 6 heteroatoms. The van der Waals surface area contributed by atoms with Crippen molar-refractivity contribution in [3.8, 4) is 0 Å². The van der Waals surface area contributed by atoms with E-state index in [9.17, 15) is 4.79 Å². The standard InChI is InChI=1S/C13H28N4O2/c1-13(2,12(15)17-19)8-4-6-10-16-9-5-3-7-11(14)18/h16,19H,3-10H2,1-2H3,(H2,14,18)(H2,15,17). The zero-order chi connectivity index (χ0) is 14.7. The van der Waals surface area contributed by atoms with E-state index in [0.29, 0.717) is 6.42 Å². The highest BCUT2D eigenvalue weighted by atomic mass is 16.4. The van der Waals surface area contributed by atoms with Crippen LogP contribution in [0.3, 0.4) is 0 Å². The van der Waals surface area contributed by atoms with Gasteiger partial charge in [0, 0.05) is 11.8 Å². The Bertz CT molecular complexity index is 290. The first-order valence-corrected chi connectivity index (χ1v) is 6.87. The van der Waals surface area contributed by atoms with Gasteiger partial charge in [-0.2, -0.15) is 0 Å². The molecule has 0 unspecified atom stereocenters. The summed E-state index contributed by atoms with van der Waals surface area (Å²) < 4.78 is 0. The van der Waals surface area contributed by atoms with E-state index in [1.807, 2.05) is 13.8 Å². The van der Waals surface area contributed by atoms with E-state index >= 15 is 0 Å². The maximum atomic E-state index is 10.5. The lowest BCUT2D eigenvalue weighted by Crippen LogP contribution is -2.32. The Labute approximate surface area is 115 Å². The third kappa shape index (κ3) is 9.30. The van der Waals surface area contributed by atoms with Crippen molar-refractivity contribution in [3.63, 3.8) is 0 Å². The number of hydrogen-bond acceptors (Lipinski definition) is 4. The molecule has 0 aromatic heterocycles. The third-order valence-electron chi connectivity index (χ3n) is 3.23. The smallest absolute Gasteiger partial charge is 0.217 e. The molecule has 0 aliphatic heterocycles.